The van der Waals surface area contributed by atoms with Crippen molar-refractivity contribution in [3.8, 4) is 0 Å². The summed E-state index contributed by atoms with van der Waals surface area (Å²) in [6.07, 6.45) is 22.4. The quantitative estimate of drug-likeness (QED) is 0.326. The predicted octanol–water partition coefficient (Wildman–Crippen LogP) is 7.29. The summed E-state index contributed by atoms with van der Waals surface area (Å²) in [5, 5.41) is 0. The highest BCUT2D eigenvalue weighted by Crippen LogP contribution is 2.23. The molecular formula is C24H38N2. The normalized spacial score (nSPS) is 12.4. The maximum atomic E-state index is 4.27. The molecule has 0 bridgehead atoms. The first-order valence-electron chi connectivity index (χ1n) is 10.8. The fourth-order valence-electron chi connectivity index (χ4n) is 3.80. The van der Waals surface area contributed by atoms with Crippen molar-refractivity contribution in [2.75, 3.05) is 0 Å². The van der Waals surface area contributed by atoms with E-state index in [4.69, 9.17) is 0 Å². The smallest absolute Gasteiger partial charge is 0.0948 e. The summed E-state index contributed by atoms with van der Waals surface area (Å²) in [6.45, 7) is 4.51. The van der Waals surface area contributed by atoms with Crippen LogP contribution in [0.4, 0.5) is 0 Å². The minimum Gasteiger partial charge on any atom is -0.334 e. The fraction of sp³-hybridized carbons (Fsp3) is 0.625. The fourth-order valence-corrected chi connectivity index (χ4v) is 3.80. The first-order valence-corrected chi connectivity index (χ1v) is 10.8. The van der Waals surface area contributed by atoms with Crippen molar-refractivity contribution in [2.45, 2.75) is 96.9 Å². The van der Waals surface area contributed by atoms with Gasteiger partial charge in [-0.25, -0.2) is 4.98 Å². The number of unbranched alkanes of at least 4 members (excludes halogenated alkanes) is 9. The predicted molar refractivity (Wildman–Crippen MR) is 113 cm³/mol. The van der Waals surface area contributed by atoms with E-state index in [1.807, 2.05) is 12.5 Å². The molecule has 0 N–H and O–H groups in total. The molecule has 26 heavy (non-hydrogen) atoms. The number of aryl methyl sites for hydroxylation is 1. The first kappa shape index (κ1) is 20.7. The third-order valence-electron chi connectivity index (χ3n) is 5.55. The van der Waals surface area contributed by atoms with Crippen molar-refractivity contribution in [2.24, 2.45) is 0 Å². The number of aromatic nitrogens is 2. The van der Waals surface area contributed by atoms with E-state index in [2.05, 4.69) is 53.9 Å². The first-order chi connectivity index (χ1) is 12.8. The second-order valence-corrected chi connectivity index (χ2v) is 7.76. The number of rotatable bonds is 14. The summed E-state index contributed by atoms with van der Waals surface area (Å²) in [6, 6.07) is 9.33. The van der Waals surface area contributed by atoms with E-state index in [1.54, 1.807) is 0 Å². The van der Waals surface area contributed by atoms with Gasteiger partial charge in [0.15, 0.2) is 0 Å². The molecule has 144 valence electrons. The molecule has 0 saturated carbocycles. The van der Waals surface area contributed by atoms with Crippen LogP contribution in [0.5, 0.6) is 0 Å². The van der Waals surface area contributed by atoms with Gasteiger partial charge in [0.05, 0.1) is 6.33 Å². The van der Waals surface area contributed by atoms with Crippen LogP contribution in [0.25, 0.3) is 0 Å². The van der Waals surface area contributed by atoms with Crippen LogP contribution in [0, 0.1) is 6.92 Å². The molecule has 0 radical (unpaired) electrons. The topological polar surface area (TPSA) is 17.8 Å². The summed E-state index contributed by atoms with van der Waals surface area (Å²) in [4.78, 5) is 4.27. The van der Waals surface area contributed by atoms with E-state index in [0.29, 0.717) is 6.04 Å². The summed E-state index contributed by atoms with van der Waals surface area (Å²) >= 11 is 0. The molecule has 1 aromatic heterocycles. The zero-order valence-electron chi connectivity index (χ0n) is 17.0. The Hall–Kier alpha value is -1.57. The molecule has 1 unspecified atom stereocenters. The van der Waals surface area contributed by atoms with Gasteiger partial charge >= 0.3 is 0 Å². The lowest BCUT2D eigenvalue weighted by Gasteiger charge is -2.20. The molecule has 0 aliphatic carbocycles. The van der Waals surface area contributed by atoms with Gasteiger partial charge in [-0.15, -0.1) is 0 Å². The van der Waals surface area contributed by atoms with Crippen molar-refractivity contribution in [3.05, 3.63) is 54.1 Å². The highest BCUT2D eigenvalue weighted by Gasteiger charge is 2.12. The Morgan fingerprint density at radius 2 is 1.54 bits per heavy atom. The summed E-state index contributed by atoms with van der Waals surface area (Å²) in [7, 11) is 0. The lowest BCUT2D eigenvalue weighted by Crippen LogP contribution is -2.11. The van der Waals surface area contributed by atoms with E-state index in [-0.39, 0.29) is 0 Å². The average Bonchev–Trinajstić information content (AvgIpc) is 3.18. The molecule has 2 rings (SSSR count). The Morgan fingerprint density at radius 1 is 0.885 bits per heavy atom. The Balaban J connectivity index is 1.67. The summed E-state index contributed by atoms with van der Waals surface area (Å²) in [5.41, 5.74) is 2.87. The number of benzene rings is 1. The van der Waals surface area contributed by atoms with Crippen LogP contribution in [-0.2, 0) is 6.42 Å². The van der Waals surface area contributed by atoms with Crippen LogP contribution in [0.3, 0.4) is 0 Å². The highest BCUT2D eigenvalue weighted by atomic mass is 15.0. The van der Waals surface area contributed by atoms with Gasteiger partial charge < -0.3 is 4.57 Å². The van der Waals surface area contributed by atoms with Crippen molar-refractivity contribution in [1.29, 1.82) is 0 Å². The SMILES string of the molecule is CCCCCCCCCCCCC(Cc1ccccc1C)n1ccnc1. The number of hydrogen-bond acceptors (Lipinski definition) is 1. The Labute approximate surface area is 161 Å². The largest absolute Gasteiger partial charge is 0.334 e. The van der Waals surface area contributed by atoms with Gasteiger partial charge in [0, 0.05) is 18.4 Å². The van der Waals surface area contributed by atoms with E-state index in [0.717, 1.165) is 6.42 Å². The molecule has 0 saturated heterocycles. The van der Waals surface area contributed by atoms with Crippen LogP contribution in [0.2, 0.25) is 0 Å². The lowest BCUT2D eigenvalue weighted by atomic mass is 9.96. The molecule has 0 amide bonds. The van der Waals surface area contributed by atoms with Gasteiger partial charge in [-0.05, 0) is 30.9 Å². The maximum absolute atomic E-state index is 4.27. The molecular weight excluding hydrogens is 316 g/mol. The molecule has 0 aliphatic rings. The van der Waals surface area contributed by atoms with Gasteiger partial charge in [-0.3, -0.25) is 0 Å². The van der Waals surface area contributed by atoms with Gasteiger partial charge in [0.25, 0.3) is 0 Å². The van der Waals surface area contributed by atoms with Crippen molar-refractivity contribution in [3.63, 3.8) is 0 Å². The van der Waals surface area contributed by atoms with Crippen LogP contribution in [-0.4, -0.2) is 9.55 Å². The van der Waals surface area contributed by atoms with E-state index in [9.17, 15) is 0 Å². The van der Waals surface area contributed by atoms with Crippen molar-refractivity contribution < 1.29 is 0 Å². The van der Waals surface area contributed by atoms with Crippen molar-refractivity contribution in [1.82, 2.24) is 9.55 Å². The third kappa shape index (κ3) is 7.76. The maximum Gasteiger partial charge on any atom is 0.0948 e. The molecule has 1 aromatic carbocycles. The number of nitrogens with zero attached hydrogens (tertiary/aromatic N) is 2. The van der Waals surface area contributed by atoms with Crippen molar-refractivity contribution >= 4 is 0 Å². The second kappa shape index (κ2) is 12.7. The monoisotopic (exact) mass is 354 g/mol. The van der Waals surface area contributed by atoms with Crippen LogP contribution in [0.1, 0.15) is 94.7 Å². The minimum absolute atomic E-state index is 0.535. The van der Waals surface area contributed by atoms with E-state index in [1.165, 1.54) is 81.8 Å². The van der Waals surface area contributed by atoms with Crippen LogP contribution in [0.15, 0.2) is 43.0 Å². The van der Waals surface area contributed by atoms with Gasteiger partial charge in [-0.2, -0.15) is 0 Å². The van der Waals surface area contributed by atoms with Crippen LogP contribution >= 0.6 is 0 Å². The molecule has 0 fully saturated rings. The van der Waals surface area contributed by atoms with Gasteiger partial charge in [-0.1, -0.05) is 95.4 Å². The zero-order valence-corrected chi connectivity index (χ0v) is 17.0. The van der Waals surface area contributed by atoms with E-state index >= 15 is 0 Å². The summed E-state index contributed by atoms with van der Waals surface area (Å²) < 4.78 is 2.31. The number of hydrogen-bond donors (Lipinski definition) is 0. The zero-order chi connectivity index (χ0) is 18.5. The molecule has 2 heteroatoms. The van der Waals surface area contributed by atoms with Crippen LogP contribution < -0.4 is 0 Å². The standard InChI is InChI=1S/C24H38N2/c1-3-4-5-6-7-8-9-10-11-12-17-24(26-19-18-25-21-26)20-23-16-14-13-15-22(23)2/h13-16,18-19,21,24H,3-12,17,20H2,1-2H3. The van der Waals surface area contributed by atoms with Gasteiger partial charge in [0.1, 0.15) is 0 Å². The molecule has 2 nitrogen and oxygen atoms in total. The number of imidazole rings is 1. The molecule has 2 aromatic rings. The van der Waals surface area contributed by atoms with E-state index < -0.39 is 0 Å². The average molecular weight is 355 g/mol. The lowest BCUT2D eigenvalue weighted by molar-refractivity contribution is 0.432. The third-order valence-corrected chi connectivity index (χ3v) is 5.55. The Bertz CT molecular complexity index is 574. The highest BCUT2D eigenvalue weighted by molar-refractivity contribution is 5.26. The Morgan fingerprint density at radius 3 is 2.15 bits per heavy atom. The molecule has 1 atom stereocenters. The minimum atomic E-state index is 0.535. The van der Waals surface area contributed by atoms with Gasteiger partial charge in [0.2, 0.25) is 0 Å². The second-order valence-electron chi connectivity index (χ2n) is 7.76. The Kier molecular flexibility index (Phi) is 10.2. The summed E-state index contributed by atoms with van der Waals surface area (Å²) in [5.74, 6) is 0. The molecule has 1 heterocycles. The molecule has 0 spiro atoms. The molecule has 0 aliphatic heterocycles.